The van der Waals surface area contributed by atoms with E-state index in [1.54, 1.807) is 6.92 Å². The first kappa shape index (κ1) is 10.9. The van der Waals surface area contributed by atoms with Crippen LogP contribution in [0.25, 0.3) is 0 Å². The summed E-state index contributed by atoms with van der Waals surface area (Å²) in [5.41, 5.74) is 5.37. The Morgan fingerprint density at radius 2 is 2.08 bits per heavy atom. The lowest BCUT2D eigenvalue weighted by atomic mass is 10.3. The molecule has 0 fully saturated rings. The molecule has 0 aromatic heterocycles. The molecule has 0 bridgehead atoms. The first-order valence-electron chi connectivity index (χ1n) is 3.76. The number of nitrogens with one attached hydrogen (secondary N) is 1. The molecule has 0 aliphatic rings. The summed E-state index contributed by atoms with van der Waals surface area (Å²) in [5, 5.41) is 10.7. The SMILES string of the molecule is CC(N)CNC(=O)CCC(=O)O. The van der Waals surface area contributed by atoms with Crippen molar-refractivity contribution in [1.82, 2.24) is 5.32 Å². The van der Waals surface area contributed by atoms with Gasteiger partial charge in [-0.25, -0.2) is 0 Å². The third kappa shape index (κ3) is 7.01. The Bertz CT molecular complexity index is 168. The molecule has 70 valence electrons. The Kier molecular flexibility index (Phi) is 5.03. The van der Waals surface area contributed by atoms with E-state index in [0.29, 0.717) is 6.54 Å². The third-order valence-corrected chi connectivity index (χ3v) is 1.19. The van der Waals surface area contributed by atoms with E-state index in [9.17, 15) is 9.59 Å². The summed E-state index contributed by atoms with van der Waals surface area (Å²) in [7, 11) is 0. The molecule has 0 aliphatic heterocycles. The minimum atomic E-state index is -0.967. The number of nitrogens with two attached hydrogens (primary N) is 1. The molecule has 0 aromatic rings. The predicted molar refractivity (Wildman–Crippen MR) is 43.5 cm³/mol. The molecule has 0 aliphatic carbocycles. The van der Waals surface area contributed by atoms with Gasteiger partial charge in [0.1, 0.15) is 0 Å². The van der Waals surface area contributed by atoms with Crippen molar-refractivity contribution in [2.45, 2.75) is 25.8 Å². The molecule has 4 N–H and O–H groups in total. The summed E-state index contributed by atoms with van der Waals surface area (Å²) in [6.45, 7) is 2.15. The smallest absolute Gasteiger partial charge is 0.303 e. The van der Waals surface area contributed by atoms with Gasteiger partial charge in [0, 0.05) is 19.0 Å². The highest BCUT2D eigenvalue weighted by Crippen LogP contribution is 1.87. The van der Waals surface area contributed by atoms with E-state index >= 15 is 0 Å². The largest absolute Gasteiger partial charge is 0.481 e. The summed E-state index contributed by atoms with van der Waals surface area (Å²) in [5.74, 6) is -1.24. The second-order valence-corrected chi connectivity index (χ2v) is 2.68. The van der Waals surface area contributed by atoms with Gasteiger partial charge in [-0.1, -0.05) is 0 Å². The summed E-state index contributed by atoms with van der Waals surface area (Å²) in [6.07, 6.45) is -0.118. The van der Waals surface area contributed by atoms with Crippen LogP contribution in [0.15, 0.2) is 0 Å². The van der Waals surface area contributed by atoms with Crippen molar-refractivity contribution < 1.29 is 14.7 Å². The molecule has 0 saturated carbocycles. The second kappa shape index (κ2) is 5.54. The zero-order valence-corrected chi connectivity index (χ0v) is 7.04. The number of hydrogen-bond donors (Lipinski definition) is 3. The quantitative estimate of drug-likeness (QED) is 0.514. The van der Waals surface area contributed by atoms with E-state index in [1.807, 2.05) is 0 Å². The lowest BCUT2D eigenvalue weighted by molar-refractivity contribution is -0.138. The van der Waals surface area contributed by atoms with Gasteiger partial charge in [-0.05, 0) is 6.92 Å². The summed E-state index contributed by atoms with van der Waals surface area (Å²) in [6, 6.07) is -0.0984. The van der Waals surface area contributed by atoms with Crippen LogP contribution in [0.5, 0.6) is 0 Å². The predicted octanol–water partition coefficient (Wildman–Crippen LogP) is -0.685. The van der Waals surface area contributed by atoms with Gasteiger partial charge in [0.15, 0.2) is 0 Å². The Balaban J connectivity index is 3.40. The van der Waals surface area contributed by atoms with Gasteiger partial charge in [0.2, 0.25) is 5.91 Å². The lowest BCUT2D eigenvalue weighted by Gasteiger charge is -2.06. The van der Waals surface area contributed by atoms with Crippen molar-refractivity contribution in [3.8, 4) is 0 Å². The minimum absolute atomic E-state index is 0.0159. The number of rotatable bonds is 5. The normalized spacial score (nSPS) is 12.2. The van der Waals surface area contributed by atoms with E-state index in [2.05, 4.69) is 5.32 Å². The minimum Gasteiger partial charge on any atom is -0.481 e. The number of amides is 1. The van der Waals surface area contributed by atoms with Crippen molar-refractivity contribution in [1.29, 1.82) is 0 Å². The molecule has 12 heavy (non-hydrogen) atoms. The first-order chi connectivity index (χ1) is 5.52. The van der Waals surface area contributed by atoms with Crippen LogP contribution >= 0.6 is 0 Å². The van der Waals surface area contributed by atoms with Crippen molar-refractivity contribution >= 4 is 11.9 Å². The van der Waals surface area contributed by atoms with E-state index in [1.165, 1.54) is 0 Å². The van der Waals surface area contributed by atoms with Gasteiger partial charge in [-0.2, -0.15) is 0 Å². The van der Waals surface area contributed by atoms with Crippen molar-refractivity contribution in [2.24, 2.45) is 5.73 Å². The Morgan fingerprint density at radius 1 is 1.50 bits per heavy atom. The number of carbonyl (C=O) groups excluding carboxylic acids is 1. The fraction of sp³-hybridized carbons (Fsp3) is 0.714. The van der Waals surface area contributed by atoms with E-state index < -0.39 is 5.97 Å². The fourth-order valence-electron chi connectivity index (χ4n) is 0.584. The zero-order valence-electron chi connectivity index (χ0n) is 7.04. The third-order valence-electron chi connectivity index (χ3n) is 1.19. The summed E-state index contributed by atoms with van der Waals surface area (Å²) in [4.78, 5) is 20.9. The molecule has 0 aromatic carbocycles. The molecule has 0 radical (unpaired) electrons. The van der Waals surface area contributed by atoms with Gasteiger partial charge in [-0.15, -0.1) is 0 Å². The van der Waals surface area contributed by atoms with Crippen LogP contribution in [0, 0.1) is 0 Å². The topological polar surface area (TPSA) is 92.4 Å². The van der Waals surface area contributed by atoms with Crippen LogP contribution in [0.3, 0.4) is 0 Å². The van der Waals surface area contributed by atoms with Crippen molar-refractivity contribution in [2.75, 3.05) is 6.54 Å². The van der Waals surface area contributed by atoms with E-state index in [0.717, 1.165) is 0 Å². The zero-order chi connectivity index (χ0) is 9.56. The second-order valence-electron chi connectivity index (χ2n) is 2.68. The van der Waals surface area contributed by atoms with Gasteiger partial charge in [0.25, 0.3) is 0 Å². The molecule has 1 atom stereocenters. The highest BCUT2D eigenvalue weighted by Gasteiger charge is 2.04. The Labute approximate surface area is 70.9 Å². The van der Waals surface area contributed by atoms with Gasteiger partial charge in [0.05, 0.1) is 6.42 Å². The number of carboxylic acids is 1. The molecule has 5 heteroatoms. The van der Waals surface area contributed by atoms with Crippen LogP contribution < -0.4 is 11.1 Å². The van der Waals surface area contributed by atoms with E-state index in [-0.39, 0.29) is 24.8 Å². The number of carbonyl (C=O) groups is 2. The molecule has 0 rings (SSSR count). The van der Waals surface area contributed by atoms with Gasteiger partial charge in [-0.3, -0.25) is 9.59 Å². The first-order valence-corrected chi connectivity index (χ1v) is 3.76. The summed E-state index contributed by atoms with van der Waals surface area (Å²) >= 11 is 0. The fourth-order valence-corrected chi connectivity index (χ4v) is 0.584. The monoisotopic (exact) mass is 174 g/mol. The van der Waals surface area contributed by atoms with Crippen molar-refractivity contribution in [3.63, 3.8) is 0 Å². The lowest BCUT2D eigenvalue weighted by Crippen LogP contribution is -2.35. The highest BCUT2D eigenvalue weighted by atomic mass is 16.4. The molecule has 5 nitrogen and oxygen atoms in total. The molecular weight excluding hydrogens is 160 g/mol. The number of carboxylic acid groups (broad SMARTS) is 1. The van der Waals surface area contributed by atoms with Crippen LogP contribution in [-0.4, -0.2) is 29.6 Å². The van der Waals surface area contributed by atoms with Crippen LogP contribution in [-0.2, 0) is 9.59 Å². The van der Waals surface area contributed by atoms with Crippen molar-refractivity contribution in [3.05, 3.63) is 0 Å². The molecule has 1 unspecified atom stereocenters. The highest BCUT2D eigenvalue weighted by molar-refractivity contribution is 5.80. The molecule has 0 heterocycles. The van der Waals surface area contributed by atoms with Gasteiger partial charge >= 0.3 is 5.97 Å². The summed E-state index contributed by atoms with van der Waals surface area (Å²) < 4.78 is 0. The maximum atomic E-state index is 10.8. The molecule has 0 saturated heterocycles. The maximum absolute atomic E-state index is 10.8. The molecule has 1 amide bonds. The van der Waals surface area contributed by atoms with E-state index in [4.69, 9.17) is 10.8 Å². The number of hydrogen-bond acceptors (Lipinski definition) is 3. The molecule has 0 spiro atoms. The average molecular weight is 174 g/mol. The number of aliphatic carboxylic acids is 1. The Hall–Kier alpha value is -1.10. The van der Waals surface area contributed by atoms with Crippen LogP contribution in [0.2, 0.25) is 0 Å². The average Bonchev–Trinajstić information content (AvgIpc) is 1.96. The van der Waals surface area contributed by atoms with Crippen LogP contribution in [0.1, 0.15) is 19.8 Å². The van der Waals surface area contributed by atoms with Gasteiger partial charge < -0.3 is 16.2 Å². The maximum Gasteiger partial charge on any atom is 0.303 e. The Morgan fingerprint density at radius 3 is 2.50 bits per heavy atom. The standard InChI is InChI=1S/C7H14N2O3/c1-5(8)4-9-6(10)2-3-7(11)12/h5H,2-4,8H2,1H3,(H,9,10)(H,11,12). The van der Waals surface area contributed by atoms with Crippen LogP contribution in [0.4, 0.5) is 0 Å². The molecular formula is C7H14N2O3.